The fourth-order valence-electron chi connectivity index (χ4n) is 3.26. The van der Waals surface area contributed by atoms with E-state index in [0.29, 0.717) is 5.78 Å². The van der Waals surface area contributed by atoms with Gasteiger partial charge in [-0.2, -0.15) is 0 Å². The summed E-state index contributed by atoms with van der Waals surface area (Å²) in [5, 5.41) is 1.00. The van der Waals surface area contributed by atoms with Gasteiger partial charge < -0.3 is 0 Å². The summed E-state index contributed by atoms with van der Waals surface area (Å²) < 4.78 is 0. The Morgan fingerprint density at radius 2 is 1.70 bits per heavy atom. The van der Waals surface area contributed by atoms with Crippen LogP contribution in [0.25, 0.3) is 10.9 Å². The largest absolute Gasteiger partial charge is 0.294 e. The lowest BCUT2D eigenvalue weighted by Gasteiger charge is -2.19. The number of fused-ring (bicyclic) bond motifs is 1. The summed E-state index contributed by atoms with van der Waals surface area (Å²) in [5.41, 5.74) is 1.78. The Morgan fingerprint density at radius 3 is 2.50 bits per heavy atom. The highest BCUT2D eigenvalue weighted by molar-refractivity contribution is 6.08. The van der Waals surface area contributed by atoms with Crippen LogP contribution in [-0.4, -0.2) is 10.8 Å². The van der Waals surface area contributed by atoms with Crippen molar-refractivity contribution < 1.29 is 4.79 Å². The quantitative estimate of drug-likeness (QED) is 0.733. The van der Waals surface area contributed by atoms with E-state index in [1.54, 1.807) is 6.20 Å². The third kappa shape index (κ3) is 2.74. The number of aromatic nitrogens is 1. The second-order valence-corrected chi connectivity index (χ2v) is 5.78. The molecule has 2 heteroatoms. The van der Waals surface area contributed by atoms with Crippen LogP contribution in [0.2, 0.25) is 0 Å². The Kier molecular flexibility index (Phi) is 4.10. The molecule has 0 saturated heterocycles. The van der Waals surface area contributed by atoms with Gasteiger partial charge in [-0.05, 0) is 25.0 Å². The average molecular weight is 267 g/mol. The molecule has 1 aromatic carbocycles. The molecule has 0 amide bonds. The van der Waals surface area contributed by atoms with Gasteiger partial charge in [0, 0.05) is 23.1 Å². The molecule has 0 spiro atoms. The minimum Gasteiger partial charge on any atom is -0.294 e. The zero-order valence-electron chi connectivity index (χ0n) is 11.8. The summed E-state index contributed by atoms with van der Waals surface area (Å²) in [4.78, 5) is 17.2. The first kappa shape index (κ1) is 13.3. The normalized spacial score (nSPS) is 17.6. The van der Waals surface area contributed by atoms with Crippen LogP contribution in [-0.2, 0) is 0 Å². The number of carbonyl (C=O) groups excluding carboxylic acids is 1. The van der Waals surface area contributed by atoms with Crippen LogP contribution in [0.4, 0.5) is 0 Å². The number of ketones is 1. The van der Waals surface area contributed by atoms with E-state index >= 15 is 0 Å². The Morgan fingerprint density at radius 1 is 0.950 bits per heavy atom. The van der Waals surface area contributed by atoms with Crippen LogP contribution in [0.15, 0.2) is 36.5 Å². The van der Waals surface area contributed by atoms with E-state index in [1.165, 1.54) is 32.1 Å². The van der Waals surface area contributed by atoms with Gasteiger partial charge in [0.05, 0.1) is 5.52 Å². The van der Waals surface area contributed by atoms with E-state index in [-0.39, 0.29) is 5.92 Å². The molecule has 1 aromatic heterocycles. The van der Waals surface area contributed by atoms with Crippen molar-refractivity contribution in [2.24, 2.45) is 5.92 Å². The lowest BCUT2D eigenvalue weighted by Crippen LogP contribution is -2.16. The molecule has 0 bridgehead atoms. The second kappa shape index (κ2) is 6.17. The van der Waals surface area contributed by atoms with Crippen LogP contribution in [0, 0.1) is 5.92 Å². The number of benzene rings is 1. The van der Waals surface area contributed by atoms with Gasteiger partial charge in [-0.1, -0.05) is 50.3 Å². The van der Waals surface area contributed by atoms with Crippen molar-refractivity contribution >= 4 is 16.7 Å². The molecule has 1 saturated carbocycles. The van der Waals surface area contributed by atoms with E-state index in [0.717, 1.165) is 29.3 Å². The number of hydrogen-bond acceptors (Lipinski definition) is 2. The van der Waals surface area contributed by atoms with Crippen molar-refractivity contribution in [3.8, 4) is 0 Å². The van der Waals surface area contributed by atoms with E-state index < -0.39 is 0 Å². The molecule has 2 nitrogen and oxygen atoms in total. The van der Waals surface area contributed by atoms with Gasteiger partial charge in [0.15, 0.2) is 5.78 Å². The summed E-state index contributed by atoms with van der Waals surface area (Å²) in [7, 11) is 0. The lowest BCUT2D eigenvalue weighted by molar-refractivity contribution is 0.0900. The smallest absolute Gasteiger partial charge is 0.166 e. The fraction of sp³-hybridized carbons (Fsp3) is 0.444. The Labute approximate surface area is 120 Å². The highest BCUT2D eigenvalue weighted by Crippen LogP contribution is 2.28. The van der Waals surface area contributed by atoms with Crippen molar-refractivity contribution in [1.82, 2.24) is 4.98 Å². The standard InChI is InChI=1S/C18H21NO/c20-18(14-8-4-2-1-3-5-9-14)16-10-6-12-17-15(16)11-7-13-19-17/h6-7,10-14H,1-5,8-9H2. The molecule has 1 aliphatic rings. The number of nitrogens with zero attached hydrogens (tertiary/aromatic N) is 1. The van der Waals surface area contributed by atoms with Gasteiger partial charge in [0.2, 0.25) is 0 Å². The summed E-state index contributed by atoms with van der Waals surface area (Å²) in [6, 6.07) is 9.82. The predicted octanol–water partition coefficient (Wildman–Crippen LogP) is 4.78. The van der Waals surface area contributed by atoms with Crippen LogP contribution >= 0.6 is 0 Å². The molecule has 3 rings (SSSR count). The molecular weight excluding hydrogens is 246 g/mol. The van der Waals surface area contributed by atoms with Gasteiger partial charge in [-0.3, -0.25) is 9.78 Å². The molecule has 0 N–H and O–H groups in total. The SMILES string of the molecule is O=C(c1cccc2ncccc12)C1CCCCCCC1. The first-order valence-corrected chi connectivity index (χ1v) is 7.74. The van der Waals surface area contributed by atoms with E-state index in [9.17, 15) is 4.79 Å². The molecule has 20 heavy (non-hydrogen) atoms. The number of pyridine rings is 1. The maximum atomic E-state index is 12.9. The van der Waals surface area contributed by atoms with E-state index in [4.69, 9.17) is 0 Å². The summed E-state index contributed by atoms with van der Waals surface area (Å²) >= 11 is 0. The predicted molar refractivity (Wildman–Crippen MR) is 81.9 cm³/mol. The monoisotopic (exact) mass is 267 g/mol. The summed E-state index contributed by atoms with van der Waals surface area (Å²) in [6.07, 6.45) is 10.2. The van der Waals surface area contributed by atoms with Crippen molar-refractivity contribution in [1.29, 1.82) is 0 Å². The minimum atomic E-state index is 0.209. The van der Waals surface area contributed by atoms with Gasteiger partial charge in [0.1, 0.15) is 0 Å². The van der Waals surface area contributed by atoms with Crippen LogP contribution in [0.5, 0.6) is 0 Å². The minimum absolute atomic E-state index is 0.209. The Hall–Kier alpha value is -1.70. The maximum Gasteiger partial charge on any atom is 0.166 e. The van der Waals surface area contributed by atoms with E-state index in [2.05, 4.69) is 4.98 Å². The summed E-state index contributed by atoms with van der Waals surface area (Å²) in [6.45, 7) is 0. The van der Waals surface area contributed by atoms with Gasteiger partial charge in [0.25, 0.3) is 0 Å². The molecule has 1 fully saturated rings. The fourth-order valence-corrected chi connectivity index (χ4v) is 3.26. The summed E-state index contributed by atoms with van der Waals surface area (Å²) in [5.74, 6) is 0.534. The molecule has 0 aliphatic heterocycles. The first-order valence-electron chi connectivity index (χ1n) is 7.74. The molecule has 1 heterocycles. The number of carbonyl (C=O) groups is 1. The topological polar surface area (TPSA) is 30.0 Å². The number of hydrogen-bond donors (Lipinski definition) is 0. The molecule has 1 aliphatic carbocycles. The maximum absolute atomic E-state index is 12.9. The lowest BCUT2D eigenvalue weighted by atomic mass is 9.85. The van der Waals surface area contributed by atoms with E-state index in [1.807, 2.05) is 30.3 Å². The van der Waals surface area contributed by atoms with Crippen molar-refractivity contribution in [3.05, 3.63) is 42.1 Å². The molecule has 104 valence electrons. The van der Waals surface area contributed by atoms with Crippen LogP contribution in [0.1, 0.15) is 55.3 Å². The highest BCUT2D eigenvalue weighted by atomic mass is 16.1. The number of Topliss-reactive ketones (excluding diaryl/α,β-unsaturated/α-hetero) is 1. The van der Waals surface area contributed by atoms with Gasteiger partial charge >= 0.3 is 0 Å². The van der Waals surface area contributed by atoms with Crippen molar-refractivity contribution in [2.75, 3.05) is 0 Å². The third-order valence-electron chi connectivity index (χ3n) is 4.39. The average Bonchev–Trinajstić information content (AvgIpc) is 2.46. The highest BCUT2D eigenvalue weighted by Gasteiger charge is 2.22. The van der Waals surface area contributed by atoms with Gasteiger partial charge in [-0.25, -0.2) is 0 Å². The van der Waals surface area contributed by atoms with Crippen molar-refractivity contribution in [2.45, 2.75) is 44.9 Å². The third-order valence-corrected chi connectivity index (χ3v) is 4.39. The molecule has 0 atom stereocenters. The molecule has 0 unspecified atom stereocenters. The first-order chi connectivity index (χ1) is 9.86. The van der Waals surface area contributed by atoms with Crippen LogP contribution in [0.3, 0.4) is 0 Å². The zero-order valence-corrected chi connectivity index (χ0v) is 11.8. The molecule has 0 radical (unpaired) electrons. The van der Waals surface area contributed by atoms with Crippen LogP contribution < -0.4 is 0 Å². The molecular formula is C18H21NO. The zero-order chi connectivity index (χ0) is 13.8. The number of rotatable bonds is 2. The second-order valence-electron chi connectivity index (χ2n) is 5.78. The van der Waals surface area contributed by atoms with Gasteiger partial charge in [-0.15, -0.1) is 0 Å². The Balaban J connectivity index is 1.91. The Bertz CT molecular complexity index is 592. The van der Waals surface area contributed by atoms with Crippen molar-refractivity contribution in [3.63, 3.8) is 0 Å². The molecule has 2 aromatic rings.